The van der Waals surface area contributed by atoms with Gasteiger partial charge in [0.1, 0.15) is 0 Å². The number of carbonyl (C=O) groups is 2. The number of hydrogen-bond acceptors (Lipinski definition) is 3. The van der Waals surface area contributed by atoms with Gasteiger partial charge in [-0.25, -0.2) is 5.43 Å². The summed E-state index contributed by atoms with van der Waals surface area (Å²) in [5, 5.41) is 6.79. The molecule has 0 saturated heterocycles. The van der Waals surface area contributed by atoms with Gasteiger partial charge in [0.25, 0.3) is 5.91 Å². The van der Waals surface area contributed by atoms with Crippen LogP contribution in [0.3, 0.4) is 0 Å². The first kappa shape index (κ1) is 15.9. The van der Waals surface area contributed by atoms with Gasteiger partial charge in [0.2, 0.25) is 5.91 Å². The highest BCUT2D eigenvalue weighted by Gasteiger charge is 2.29. The van der Waals surface area contributed by atoms with Gasteiger partial charge in [-0.05, 0) is 49.6 Å². The Morgan fingerprint density at radius 2 is 1.71 bits per heavy atom. The molecule has 1 saturated carbocycles. The molecule has 5 heteroatoms. The number of nitrogens with zero attached hydrogens (tertiary/aromatic N) is 1. The van der Waals surface area contributed by atoms with Crippen LogP contribution >= 0.6 is 0 Å². The van der Waals surface area contributed by atoms with Gasteiger partial charge < -0.3 is 5.32 Å². The van der Waals surface area contributed by atoms with Crippen LogP contribution in [0.4, 0.5) is 5.69 Å². The Kier molecular flexibility index (Phi) is 4.70. The highest BCUT2D eigenvalue weighted by molar-refractivity contribution is 5.97. The topological polar surface area (TPSA) is 70.6 Å². The molecule has 2 amide bonds. The number of rotatable bonds is 5. The van der Waals surface area contributed by atoms with Crippen molar-refractivity contribution in [3.63, 3.8) is 0 Å². The Labute approximate surface area is 140 Å². The van der Waals surface area contributed by atoms with Gasteiger partial charge in [-0.3, -0.25) is 9.59 Å². The lowest BCUT2D eigenvalue weighted by atomic mass is 10.2. The maximum atomic E-state index is 12.0. The van der Waals surface area contributed by atoms with E-state index in [2.05, 4.69) is 15.8 Å². The minimum atomic E-state index is -0.293. The fraction of sp³-hybridized carbons (Fsp3) is 0.211. The molecule has 2 N–H and O–H groups in total. The molecule has 0 radical (unpaired) electrons. The largest absolute Gasteiger partial charge is 0.326 e. The van der Waals surface area contributed by atoms with Crippen LogP contribution in [0.2, 0.25) is 0 Å². The van der Waals surface area contributed by atoms with Crippen LogP contribution in [0.15, 0.2) is 53.6 Å². The molecule has 5 nitrogen and oxygen atoms in total. The van der Waals surface area contributed by atoms with Crippen LogP contribution in [0.25, 0.3) is 0 Å². The van der Waals surface area contributed by atoms with Gasteiger partial charge in [-0.1, -0.05) is 29.8 Å². The molecule has 2 aromatic rings. The summed E-state index contributed by atoms with van der Waals surface area (Å²) in [6, 6.07) is 14.6. The third-order valence-corrected chi connectivity index (χ3v) is 3.82. The molecule has 1 aliphatic carbocycles. The van der Waals surface area contributed by atoms with E-state index >= 15 is 0 Å². The average Bonchev–Trinajstić information content (AvgIpc) is 3.42. The zero-order valence-corrected chi connectivity index (χ0v) is 13.5. The zero-order chi connectivity index (χ0) is 16.9. The molecule has 3 rings (SSSR count). The standard InChI is InChI=1S/C19H19N3O2/c1-13-2-4-14(5-3-13)12-20-22-19(24)16-8-10-17(11-9-16)21-18(23)15-6-7-15/h2-5,8-12,15H,6-7H2,1H3,(H,21,23)(H,22,24)/b20-12+. The summed E-state index contributed by atoms with van der Waals surface area (Å²) in [5.41, 5.74) is 5.77. The van der Waals surface area contributed by atoms with E-state index in [4.69, 9.17) is 0 Å². The molecule has 0 bridgehead atoms. The molecule has 0 aliphatic heterocycles. The fourth-order valence-electron chi connectivity index (χ4n) is 2.18. The first-order chi connectivity index (χ1) is 11.6. The lowest BCUT2D eigenvalue weighted by molar-refractivity contribution is -0.117. The molecule has 24 heavy (non-hydrogen) atoms. The molecule has 2 aromatic carbocycles. The summed E-state index contributed by atoms with van der Waals surface area (Å²) >= 11 is 0. The van der Waals surface area contributed by atoms with E-state index in [-0.39, 0.29) is 17.7 Å². The zero-order valence-electron chi connectivity index (χ0n) is 13.5. The number of anilines is 1. The minimum Gasteiger partial charge on any atom is -0.326 e. The molecule has 0 atom stereocenters. The van der Waals surface area contributed by atoms with Crippen molar-refractivity contribution in [2.24, 2.45) is 11.0 Å². The van der Waals surface area contributed by atoms with Gasteiger partial charge in [-0.2, -0.15) is 5.10 Å². The average molecular weight is 321 g/mol. The molecule has 122 valence electrons. The molecular weight excluding hydrogens is 302 g/mol. The van der Waals surface area contributed by atoms with E-state index in [1.807, 2.05) is 31.2 Å². The number of nitrogens with one attached hydrogen (secondary N) is 2. The lowest BCUT2D eigenvalue weighted by Crippen LogP contribution is -2.18. The Hall–Kier alpha value is -2.95. The van der Waals surface area contributed by atoms with Crippen molar-refractivity contribution < 1.29 is 9.59 Å². The Morgan fingerprint density at radius 3 is 2.33 bits per heavy atom. The summed E-state index contributed by atoms with van der Waals surface area (Å²) in [6.07, 6.45) is 3.53. The lowest BCUT2D eigenvalue weighted by Gasteiger charge is -2.05. The Morgan fingerprint density at radius 1 is 1.04 bits per heavy atom. The quantitative estimate of drug-likeness (QED) is 0.656. The van der Waals surface area contributed by atoms with Crippen molar-refractivity contribution in [1.82, 2.24) is 5.43 Å². The van der Waals surface area contributed by atoms with E-state index in [0.29, 0.717) is 11.3 Å². The highest BCUT2D eigenvalue weighted by atomic mass is 16.2. The summed E-state index contributed by atoms with van der Waals surface area (Å²) < 4.78 is 0. The minimum absolute atomic E-state index is 0.0508. The number of amides is 2. The molecular formula is C19H19N3O2. The summed E-state index contributed by atoms with van der Waals surface area (Å²) in [5.74, 6) is -0.0857. The molecule has 1 fully saturated rings. The molecule has 0 heterocycles. The molecule has 0 unspecified atom stereocenters. The van der Waals surface area contributed by atoms with Crippen molar-refractivity contribution in [1.29, 1.82) is 0 Å². The van der Waals surface area contributed by atoms with Crippen LogP contribution in [0.1, 0.15) is 34.3 Å². The van der Waals surface area contributed by atoms with Crippen molar-refractivity contribution in [3.05, 3.63) is 65.2 Å². The van der Waals surface area contributed by atoms with Crippen LogP contribution in [-0.4, -0.2) is 18.0 Å². The first-order valence-corrected chi connectivity index (χ1v) is 7.93. The fourth-order valence-corrected chi connectivity index (χ4v) is 2.18. The maximum absolute atomic E-state index is 12.0. The molecule has 1 aliphatic rings. The Balaban J connectivity index is 1.54. The van der Waals surface area contributed by atoms with Crippen LogP contribution in [0.5, 0.6) is 0 Å². The van der Waals surface area contributed by atoms with Gasteiger partial charge in [0, 0.05) is 17.2 Å². The van der Waals surface area contributed by atoms with Crippen molar-refractivity contribution in [2.75, 3.05) is 5.32 Å². The van der Waals surface area contributed by atoms with E-state index < -0.39 is 0 Å². The monoisotopic (exact) mass is 321 g/mol. The number of carbonyl (C=O) groups excluding carboxylic acids is 2. The third kappa shape index (κ3) is 4.29. The smallest absolute Gasteiger partial charge is 0.271 e. The van der Waals surface area contributed by atoms with Gasteiger partial charge >= 0.3 is 0 Å². The number of benzene rings is 2. The van der Waals surface area contributed by atoms with Gasteiger partial charge in [0.05, 0.1) is 6.21 Å². The molecule has 0 aromatic heterocycles. The maximum Gasteiger partial charge on any atom is 0.271 e. The second kappa shape index (κ2) is 7.08. The van der Waals surface area contributed by atoms with E-state index in [9.17, 15) is 9.59 Å². The third-order valence-electron chi connectivity index (χ3n) is 3.82. The summed E-state index contributed by atoms with van der Waals surface area (Å²) in [7, 11) is 0. The second-order valence-electron chi connectivity index (χ2n) is 5.95. The predicted octanol–water partition coefficient (Wildman–Crippen LogP) is 3.11. The van der Waals surface area contributed by atoms with Crippen LogP contribution in [0, 0.1) is 12.8 Å². The summed E-state index contributed by atoms with van der Waals surface area (Å²) in [6.45, 7) is 2.01. The van der Waals surface area contributed by atoms with Gasteiger partial charge in [0.15, 0.2) is 0 Å². The molecule has 0 spiro atoms. The number of hydrazone groups is 1. The van der Waals surface area contributed by atoms with E-state index in [0.717, 1.165) is 18.4 Å². The van der Waals surface area contributed by atoms with E-state index in [1.165, 1.54) is 5.56 Å². The summed E-state index contributed by atoms with van der Waals surface area (Å²) in [4.78, 5) is 23.7. The van der Waals surface area contributed by atoms with Crippen LogP contribution in [-0.2, 0) is 4.79 Å². The van der Waals surface area contributed by atoms with E-state index in [1.54, 1.807) is 30.5 Å². The highest BCUT2D eigenvalue weighted by Crippen LogP contribution is 2.30. The van der Waals surface area contributed by atoms with Crippen molar-refractivity contribution >= 4 is 23.7 Å². The first-order valence-electron chi connectivity index (χ1n) is 7.93. The Bertz CT molecular complexity index is 760. The predicted molar refractivity (Wildman–Crippen MR) is 94.0 cm³/mol. The van der Waals surface area contributed by atoms with Crippen molar-refractivity contribution in [2.45, 2.75) is 19.8 Å². The van der Waals surface area contributed by atoms with Gasteiger partial charge in [-0.15, -0.1) is 0 Å². The van der Waals surface area contributed by atoms with Crippen LogP contribution < -0.4 is 10.7 Å². The normalized spacial score (nSPS) is 13.7. The SMILES string of the molecule is Cc1ccc(/C=N/NC(=O)c2ccc(NC(=O)C3CC3)cc2)cc1. The second-order valence-corrected chi connectivity index (χ2v) is 5.95. The number of aryl methyl sites for hydroxylation is 1. The van der Waals surface area contributed by atoms with Crippen molar-refractivity contribution in [3.8, 4) is 0 Å². The number of hydrogen-bond donors (Lipinski definition) is 2.